The lowest BCUT2D eigenvalue weighted by Gasteiger charge is -2.30. The molecule has 0 spiro atoms. The number of aromatic nitrogens is 2. The highest BCUT2D eigenvalue weighted by molar-refractivity contribution is 7.88. The molecule has 9 heteroatoms. The number of rotatable bonds is 5. The van der Waals surface area contributed by atoms with Gasteiger partial charge in [0.05, 0.1) is 11.6 Å². The highest BCUT2D eigenvalue weighted by atomic mass is 32.2. The monoisotopic (exact) mass is 392 g/mol. The number of aryl methyl sites for hydroxylation is 1. The van der Waals surface area contributed by atoms with Gasteiger partial charge in [0, 0.05) is 31.1 Å². The van der Waals surface area contributed by atoms with Crippen molar-refractivity contribution in [2.45, 2.75) is 38.8 Å². The molecule has 8 nitrogen and oxygen atoms in total. The second-order valence-electron chi connectivity index (χ2n) is 6.83. The molecule has 1 fully saturated rings. The first kappa shape index (κ1) is 19.5. The molecule has 0 bridgehead atoms. The molecule has 27 heavy (non-hydrogen) atoms. The average molecular weight is 392 g/mol. The Morgan fingerprint density at radius 2 is 1.85 bits per heavy atom. The molecule has 2 aromatic rings. The van der Waals surface area contributed by atoms with E-state index in [1.807, 2.05) is 6.92 Å². The van der Waals surface area contributed by atoms with Gasteiger partial charge in [0.1, 0.15) is 0 Å². The van der Waals surface area contributed by atoms with Crippen LogP contribution in [0.15, 0.2) is 29.1 Å². The van der Waals surface area contributed by atoms with Crippen LogP contribution in [0.5, 0.6) is 0 Å². The molecule has 1 aromatic carbocycles. The third-order valence-corrected chi connectivity index (χ3v) is 6.08. The molecule has 0 aliphatic carbocycles. The first-order chi connectivity index (χ1) is 12.8. The Labute approximate surface area is 158 Å². The van der Waals surface area contributed by atoms with Gasteiger partial charge in [0.25, 0.3) is 11.5 Å². The molecule has 0 radical (unpaired) electrons. The zero-order valence-electron chi connectivity index (χ0n) is 15.5. The maximum Gasteiger partial charge on any atom is 0.274 e. The molecule has 1 aromatic heterocycles. The smallest absolute Gasteiger partial charge is 0.274 e. The highest BCUT2D eigenvalue weighted by Crippen LogP contribution is 2.16. The third-order valence-electron chi connectivity index (χ3n) is 4.78. The van der Waals surface area contributed by atoms with E-state index in [0.29, 0.717) is 43.2 Å². The summed E-state index contributed by atoms with van der Waals surface area (Å²) in [5.74, 6) is -0.339. The number of hydrogen-bond acceptors (Lipinski definition) is 5. The molecule has 2 heterocycles. The normalized spacial score (nSPS) is 16.5. The van der Waals surface area contributed by atoms with Gasteiger partial charge < -0.3 is 5.32 Å². The zero-order chi connectivity index (χ0) is 19.6. The van der Waals surface area contributed by atoms with Crippen LogP contribution in [0.3, 0.4) is 0 Å². The fourth-order valence-corrected chi connectivity index (χ4v) is 4.23. The summed E-state index contributed by atoms with van der Waals surface area (Å²) in [6.45, 7) is 3.15. The van der Waals surface area contributed by atoms with Crippen LogP contribution < -0.4 is 10.9 Å². The number of nitrogens with zero attached hydrogens (tertiary/aromatic N) is 3. The van der Waals surface area contributed by atoms with Gasteiger partial charge in [-0.25, -0.2) is 17.4 Å². The summed E-state index contributed by atoms with van der Waals surface area (Å²) in [6, 6.07) is 6.84. The summed E-state index contributed by atoms with van der Waals surface area (Å²) < 4.78 is 26.0. The number of benzene rings is 1. The minimum atomic E-state index is -3.21. The number of fused-ring (bicyclic) bond motifs is 1. The van der Waals surface area contributed by atoms with E-state index in [-0.39, 0.29) is 23.2 Å². The maximum atomic E-state index is 12.9. The number of piperidine rings is 1. The van der Waals surface area contributed by atoms with Crippen LogP contribution in [-0.2, 0) is 16.6 Å². The van der Waals surface area contributed by atoms with Gasteiger partial charge in [0.15, 0.2) is 5.69 Å². The molecule has 3 rings (SSSR count). The molecule has 1 amide bonds. The molecule has 0 atom stereocenters. The molecule has 1 saturated heterocycles. The Kier molecular flexibility index (Phi) is 5.61. The van der Waals surface area contributed by atoms with Crippen molar-refractivity contribution in [2.24, 2.45) is 0 Å². The van der Waals surface area contributed by atoms with Crippen LogP contribution >= 0.6 is 0 Å². The van der Waals surface area contributed by atoms with Gasteiger partial charge in [0.2, 0.25) is 10.0 Å². The predicted octanol–water partition coefficient (Wildman–Crippen LogP) is 0.960. The predicted molar refractivity (Wildman–Crippen MR) is 103 cm³/mol. The molecule has 0 unspecified atom stereocenters. The molecule has 1 N–H and O–H groups in total. The lowest BCUT2D eigenvalue weighted by atomic mass is 10.1. The van der Waals surface area contributed by atoms with E-state index >= 15 is 0 Å². The summed E-state index contributed by atoms with van der Waals surface area (Å²) in [7, 11) is -3.21. The van der Waals surface area contributed by atoms with Crippen molar-refractivity contribution in [3.8, 4) is 0 Å². The Hall–Kier alpha value is -2.26. The lowest BCUT2D eigenvalue weighted by molar-refractivity contribution is 0.0918. The van der Waals surface area contributed by atoms with E-state index in [0.717, 1.165) is 6.42 Å². The summed E-state index contributed by atoms with van der Waals surface area (Å²) in [4.78, 5) is 25.4. The van der Waals surface area contributed by atoms with Gasteiger partial charge in [-0.05, 0) is 25.3 Å². The van der Waals surface area contributed by atoms with Crippen molar-refractivity contribution in [1.82, 2.24) is 19.4 Å². The maximum absolute atomic E-state index is 12.9. The number of carbonyl (C=O) groups excluding carboxylic acids is 1. The van der Waals surface area contributed by atoms with Gasteiger partial charge >= 0.3 is 0 Å². The second-order valence-corrected chi connectivity index (χ2v) is 8.81. The fourth-order valence-electron chi connectivity index (χ4n) is 3.35. The summed E-state index contributed by atoms with van der Waals surface area (Å²) in [5.41, 5.74) is 0.0228. The lowest BCUT2D eigenvalue weighted by Crippen LogP contribution is -2.46. The standard InChI is InChI=1S/C18H24N4O4S/c1-3-10-22-18(24)15-7-5-4-6-14(15)16(20-22)17(23)19-13-8-11-21(12-9-13)27(2,25)26/h4-7,13H,3,8-12H2,1-2H3,(H,19,23). The highest BCUT2D eigenvalue weighted by Gasteiger charge is 2.27. The number of carbonyl (C=O) groups is 1. The number of nitrogens with one attached hydrogen (secondary N) is 1. The Balaban J connectivity index is 1.84. The number of sulfonamides is 1. The molecular weight excluding hydrogens is 368 g/mol. The van der Waals surface area contributed by atoms with E-state index in [1.165, 1.54) is 15.2 Å². The van der Waals surface area contributed by atoms with Gasteiger partial charge in [-0.15, -0.1) is 0 Å². The molecular formula is C18H24N4O4S. The van der Waals surface area contributed by atoms with Crippen LogP contribution in [0.2, 0.25) is 0 Å². The van der Waals surface area contributed by atoms with Gasteiger partial charge in [-0.2, -0.15) is 5.10 Å². The number of hydrogen-bond donors (Lipinski definition) is 1. The fraction of sp³-hybridized carbons (Fsp3) is 0.500. The van der Waals surface area contributed by atoms with Crippen molar-refractivity contribution >= 4 is 26.7 Å². The summed E-state index contributed by atoms with van der Waals surface area (Å²) in [6.07, 6.45) is 3.02. The topological polar surface area (TPSA) is 101 Å². The number of amides is 1. The van der Waals surface area contributed by atoms with Crippen LogP contribution in [0.4, 0.5) is 0 Å². The first-order valence-corrected chi connectivity index (χ1v) is 10.9. The molecule has 1 aliphatic rings. The van der Waals surface area contributed by atoms with E-state index in [2.05, 4.69) is 10.4 Å². The minimum absolute atomic E-state index is 0.123. The van der Waals surface area contributed by atoms with Gasteiger partial charge in [-0.3, -0.25) is 9.59 Å². The molecule has 1 aliphatic heterocycles. The Bertz CT molecular complexity index is 1010. The van der Waals surface area contributed by atoms with Crippen molar-refractivity contribution in [3.05, 3.63) is 40.3 Å². The molecule has 0 saturated carbocycles. The van der Waals surface area contributed by atoms with Crippen LogP contribution in [-0.4, -0.2) is 53.8 Å². The van der Waals surface area contributed by atoms with E-state index in [1.54, 1.807) is 24.3 Å². The SMILES string of the molecule is CCCn1nc(C(=O)NC2CCN(S(C)(=O)=O)CC2)c2ccccc2c1=O. The molecule has 146 valence electrons. The van der Waals surface area contributed by atoms with E-state index < -0.39 is 10.0 Å². The zero-order valence-corrected chi connectivity index (χ0v) is 16.3. The Morgan fingerprint density at radius 3 is 2.44 bits per heavy atom. The van der Waals surface area contributed by atoms with E-state index in [9.17, 15) is 18.0 Å². The largest absolute Gasteiger partial charge is 0.348 e. The van der Waals surface area contributed by atoms with Crippen molar-refractivity contribution in [2.75, 3.05) is 19.3 Å². The quantitative estimate of drug-likeness (QED) is 0.817. The first-order valence-electron chi connectivity index (χ1n) is 9.07. The minimum Gasteiger partial charge on any atom is -0.348 e. The van der Waals surface area contributed by atoms with Crippen LogP contribution in [0, 0.1) is 0 Å². The Morgan fingerprint density at radius 1 is 1.22 bits per heavy atom. The van der Waals surface area contributed by atoms with Crippen molar-refractivity contribution in [1.29, 1.82) is 0 Å². The second kappa shape index (κ2) is 7.77. The average Bonchev–Trinajstić information content (AvgIpc) is 2.64. The van der Waals surface area contributed by atoms with E-state index in [4.69, 9.17) is 0 Å². The summed E-state index contributed by atoms with van der Waals surface area (Å²) in [5, 5.41) is 8.24. The third kappa shape index (κ3) is 4.19. The summed E-state index contributed by atoms with van der Waals surface area (Å²) >= 11 is 0. The van der Waals surface area contributed by atoms with Crippen molar-refractivity contribution < 1.29 is 13.2 Å². The van der Waals surface area contributed by atoms with Crippen LogP contribution in [0.25, 0.3) is 10.8 Å². The van der Waals surface area contributed by atoms with Crippen molar-refractivity contribution in [3.63, 3.8) is 0 Å². The van der Waals surface area contributed by atoms with Gasteiger partial charge in [-0.1, -0.05) is 25.1 Å². The van der Waals surface area contributed by atoms with Crippen LogP contribution in [0.1, 0.15) is 36.7 Å².